The Morgan fingerprint density at radius 3 is 1.88 bits per heavy atom. The second kappa shape index (κ2) is 4.40. The molecule has 0 radical (unpaired) electrons. The molecule has 86 valence electrons. The number of benzene rings is 1. The Kier molecular flexibility index (Phi) is 3.57. The lowest BCUT2D eigenvalue weighted by molar-refractivity contribution is -0.422. The molecule has 0 atom stereocenters. The van der Waals surface area contributed by atoms with Gasteiger partial charge in [-0.3, -0.25) is 20.2 Å². The van der Waals surface area contributed by atoms with E-state index in [1.165, 1.54) is 0 Å². The van der Waals surface area contributed by atoms with Gasteiger partial charge in [-0.05, 0) is 6.07 Å². The molecule has 0 saturated heterocycles. The van der Waals surface area contributed by atoms with Gasteiger partial charge in [-0.1, -0.05) is 34.8 Å². The van der Waals surface area contributed by atoms with Crippen LogP contribution in [0.4, 0.5) is 11.4 Å². The van der Waals surface area contributed by atoms with Crippen LogP contribution in [0.1, 0.15) is 5.56 Å². The minimum atomic E-state index is -1.86. The zero-order valence-corrected chi connectivity index (χ0v) is 9.66. The lowest BCUT2D eigenvalue weighted by atomic mass is 10.2. The lowest BCUT2D eigenvalue weighted by Crippen LogP contribution is -2.03. The SMILES string of the molecule is O=[N+]([O-])c1ccc(C(Cl)(Cl)Cl)cc1[N+](=O)[O-]. The minimum Gasteiger partial charge on any atom is -0.258 e. The van der Waals surface area contributed by atoms with Crippen LogP contribution in [0.2, 0.25) is 0 Å². The molecule has 1 aromatic carbocycles. The fourth-order valence-electron chi connectivity index (χ4n) is 1.00. The fourth-order valence-corrected chi connectivity index (χ4v) is 1.35. The van der Waals surface area contributed by atoms with Crippen molar-refractivity contribution in [2.75, 3.05) is 0 Å². The maximum absolute atomic E-state index is 10.6. The second-order valence-electron chi connectivity index (χ2n) is 2.72. The van der Waals surface area contributed by atoms with Crippen molar-refractivity contribution < 1.29 is 9.85 Å². The number of halogens is 3. The smallest absolute Gasteiger partial charge is 0.258 e. The van der Waals surface area contributed by atoms with Crippen LogP contribution in [0.15, 0.2) is 18.2 Å². The maximum atomic E-state index is 10.6. The molecule has 1 aromatic rings. The van der Waals surface area contributed by atoms with Crippen molar-refractivity contribution in [3.05, 3.63) is 44.0 Å². The van der Waals surface area contributed by atoms with E-state index in [2.05, 4.69) is 0 Å². The van der Waals surface area contributed by atoms with Gasteiger partial charge in [-0.15, -0.1) is 0 Å². The van der Waals surface area contributed by atoms with Gasteiger partial charge in [0, 0.05) is 17.7 Å². The lowest BCUT2D eigenvalue weighted by Gasteiger charge is -2.10. The Labute approximate surface area is 104 Å². The van der Waals surface area contributed by atoms with E-state index >= 15 is 0 Å². The Hall–Kier alpha value is -1.11. The molecule has 0 heterocycles. The first-order valence-corrected chi connectivity index (χ1v) is 4.87. The number of nitro benzene ring substituents is 2. The van der Waals surface area contributed by atoms with E-state index in [4.69, 9.17) is 34.8 Å². The van der Waals surface area contributed by atoms with Gasteiger partial charge in [0.2, 0.25) is 3.79 Å². The highest BCUT2D eigenvalue weighted by Crippen LogP contribution is 2.41. The predicted octanol–water partition coefficient (Wildman–Crippen LogP) is 3.33. The Bertz CT molecular complexity index is 457. The van der Waals surface area contributed by atoms with Crippen molar-refractivity contribution in [3.63, 3.8) is 0 Å². The van der Waals surface area contributed by atoms with Gasteiger partial charge in [0.05, 0.1) is 9.85 Å². The fraction of sp³-hybridized carbons (Fsp3) is 0.143. The van der Waals surface area contributed by atoms with Crippen molar-refractivity contribution in [1.29, 1.82) is 0 Å². The zero-order chi connectivity index (χ0) is 12.5. The summed E-state index contributed by atoms with van der Waals surface area (Å²) in [6.45, 7) is 0. The molecule has 0 spiro atoms. The molecule has 9 heteroatoms. The monoisotopic (exact) mass is 284 g/mol. The number of hydrogen-bond donors (Lipinski definition) is 0. The average molecular weight is 285 g/mol. The topological polar surface area (TPSA) is 86.3 Å². The van der Waals surface area contributed by atoms with Crippen LogP contribution in [0, 0.1) is 20.2 Å². The summed E-state index contributed by atoms with van der Waals surface area (Å²) in [6, 6.07) is 2.94. The molecule has 0 aliphatic carbocycles. The molecule has 0 fully saturated rings. The first kappa shape index (κ1) is 13.0. The third-order valence-corrected chi connectivity index (χ3v) is 2.35. The number of nitrogens with zero attached hydrogens (tertiary/aromatic N) is 2. The molecule has 0 unspecified atom stereocenters. The molecule has 0 aliphatic rings. The van der Waals surface area contributed by atoms with Gasteiger partial charge in [0.15, 0.2) is 0 Å². The third kappa shape index (κ3) is 2.72. The second-order valence-corrected chi connectivity index (χ2v) is 5.00. The quantitative estimate of drug-likeness (QED) is 0.474. The predicted molar refractivity (Wildman–Crippen MR) is 59.0 cm³/mol. The highest BCUT2D eigenvalue weighted by molar-refractivity contribution is 6.66. The Morgan fingerprint density at radius 2 is 1.50 bits per heavy atom. The van der Waals surface area contributed by atoms with Gasteiger partial charge in [0.1, 0.15) is 0 Å². The number of nitro groups is 2. The molecule has 0 aliphatic heterocycles. The van der Waals surface area contributed by atoms with Gasteiger partial charge >= 0.3 is 11.4 Å². The summed E-state index contributed by atoms with van der Waals surface area (Å²) in [5.74, 6) is 0. The average Bonchev–Trinajstić information content (AvgIpc) is 2.15. The van der Waals surface area contributed by atoms with Gasteiger partial charge in [-0.2, -0.15) is 0 Å². The summed E-state index contributed by atoms with van der Waals surface area (Å²) in [4.78, 5) is 19.3. The van der Waals surface area contributed by atoms with Gasteiger partial charge in [0.25, 0.3) is 0 Å². The number of alkyl halides is 3. The Balaban J connectivity index is 3.40. The van der Waals surface area contributed by atoms with E-state index < -0.39 is 25.0 Å². The minimum absolute atomic E-state index is 0.00481. The standard InChI is InChI=1S/C7H3Cl3N2O4/c8-7(9,10)4-1-2-5(11(13)14)6(3-4)12(15)16/h1-3H. The summed E-state index contributed by atoms with van der Waals surface area (Å²) in [5, 5.41) is 21.1. The number of rotatable bonds is 2. The van der Waals surface area contributed by atoms with E-state index in [1.807, 2.05) is 0 Å². The van der Waals surface area contributed by atoms with Crippen molar-refractivity contribution in [2.24, 2.45) is 0 Å². The largest absolute Gasteiger partial charge is 0.346 e. The van der Waals surface area contributed by atoms with E-state index in [0.29, 0.717) is 0 Å². The third-order valence-electron chi connectivity index (χ3n) is 1.70. The molecule has 0 amide bonds. The van der Waals surface area contributed by atoms with Crippen LogP contribution in [-0.2, 0) is 3.79 Å². The molecule has 0 bridgehead atoms. The van der Waals surface area contributed by atoms with Crippen molar-refractivity contribution in [3.8, 4) is 0 Å². The maximum Gasteiger partial charge on any atom is 0.346 e. The molecule has 16 heavy (non-hydrogen) atoms. The summed E-state index contributed by atoms with van der Waals surface area (Å²) in [5.41, 5.74) is -1.37. The van der Waals surface area contributed by atoms with Gasteiger partial charge in [-0.25, -0.2) is 0 Å². The molecule has 6 nitrogen and oxygen atoms in total. The first-order chi connectivity index (χ1) is 7.23. The Morgan fingerprint density at radius 1 is 1.00 bits per heavy atom. The molecular weight excluding hydrogens is 282 g/mol. The van der Waals surface area contributed by atoms with E-state index in [9.17, 15) is 20.2 Å². The van der Waals surface area contributed by atoms with Crippen LogP contribution in [0.5, 0.6) is 0 Å². The van der Waals surface area contributed by atoms with Gasteiger partial charge < -0.3 is 0 Å². The van der Waals surface area contributed by atoms with Crippen LogP contribution >= 0.6 is 34.8 Å². The molecule has 1 rings (SSSR count). The summed E-state index contributed by atoms with van der Waals surface area (Å²) in [7, 11) is 0. The van der Waals surface area contributed by atoms with Crippen molar-refractivity contribution >= 4 is 46.2 Å². The van der Waals surface area contributed by atoms with E-state index in [0.717, 1.165) is 18.2 Å². The molecule has 0 aromatic heterocycles. The van der Waals surface area contributed by atoms with Crippen LogP contribution in [0.3, 0.4) is 0 Å². The molecular formula is C7H3Cl3N2O4. The summed E-state index contributed by atoms with van der Waals surface area (Å²) < 4.78 is -1.86. The molecule has 0 saturated carbocycles. The highest BCUT2D eigenvalue weighted by Gasteiger charge is 2.30. The summed E-state index contributed by atoms with van der Waals surface area (Å²) in [6.07, 6.45) is 0. The first-order valence-electron chi connectivity index (χ1n) is 3.73. The van der Waals surface area contributed by atoms with E-state index in [-0.39, 0.29) is 5.56 Å². The van der Waals surface area contributed by atoms with Crippen LogP contribution in [0.25, 0.3) is 0 Å². The van der Waals surface area contributed by atoms with Crippen molar-refractivity contribution in [1.82, 2.24) is 0 Å². The van der Waals surface area contributed by atoms with E-state index in [1.54, 1.807) is 0 Å². The normalized spacial score (nSPS) is 11.2. The summed E-state index contributed by atoms with van der Waals surface area (Å²) >= 11 is 16.5. The molecule has 0 N–H and O–H groups in total. The zero-order valence-electron chi connectivity index (χ0n) is 7.39. The number of hydrogen-bond acceptors (Lipinski definition) is 4. The van der Waals surface area contributed by atoms with Crippen LogP contribution in [-0.4, -0.2) is 9.85 Å². The van der Waals surface area contributed by atoms with Crippen LogP contribution < -0.4 is 0 Å². The van der Waals surface area contributed by atoms with Crippen molar-refractivity contribution in [2.45, 2.75) is 3.79 Å². The highest BCUT2D eigenvalue weighted by atomic mass is 35.6.